The summed E-state index contributed by atoms with van der Waals surface area (Å²) in [6, 6.07) is 21.7. The van der Waals surface area contributed by atoms with Crippen molar-refractivity contribution in [3.05, 3.63) is 103 Å². The van der Waals surface area contributed by atoms with Crippen LogP contribution in [-0.4, -0.2) is 23.9 Å². The van der Waals surface area contributed by atoms with Crippen LogP contribution in [0.2, 0.25) is 0 Å². The van der Waals surface area contributed by atoms with E-state index in [0.29, 0.717) is 16.9 Å². The molecular weight excluding hydrogens is 400 g/mol. The summed E-state index contributed by atoms with van der Waals surface area (Å²) in [6.07, 6.45) is 5.08. The number of aromatic nitrogens is 2. The van der Waals surface area contributed by atoms with E-state index in [1.54, 1.807) is 65.8 Å². The van der Waals surface area contributed by atoms with Gasteiger partial charge in [0.15, 0.2) is 0 Å². The molecule has 4 aromatic rings. The van der Waals surface area contributed by atoms with Gasteiger partial charge < -0.3 is 9.88 Å². The molecule has 0 aliphatic carbocycles. The number of imidazole rings is 1. The van der Waals surface area contributed by atoms with E-state index in [1.165, 1.54) is 18.2 Å². The minimum absolute atomic E-state index is 0.147. The van der Waals surface area contributed by atoms with Crippen molar-refractivity contribution < 1.29 is 13.2 Å². The summed E-state index contributed by atoms with van der Waals surface area (Å²) in [6.45, 7) is 0. The molecule has 0 aliphatic heterocycles. The SMILES string of the molecule is O=C(Nc1ccccc1-n1ccnc1)c1cccc(NS(=O)(=O)c2ccccc2)c1. The summed E-state index contributed by atoms with van der Waals surface area (Å²) < 4.78 is 29.4. The van der Waals surface area contributed by atoms with E-state index in [2.05, 4.69) is 15.0 Å². The van der Waals surface area contributed by atoms with Crippen LogP contribution in [0, 0.1) is 0 Å². The molecule has 150 valence electrons. The molecule has 8 heteroatoms. The van der Waals surface area contributed by atoms with E-state index >= 15 is 0 Å². The number of anilines is 2. The molecule has 0 saturated carbocycles. The first-order valence-electron chi connectivity index (χ1n) is 9.09. The zero-order valence-corrected chi connectivity index (χ0v) is 16.6. The second kappa shape index (κ2) is 8.22. The van der Waals surface area contributed by atoms with Gasteiger partial charge in [0.1, 0.15) is 0 Å². The predicted molar refractivity (Wildman–Crippen MR) is 115 cm³/mol. The highest BCUT2D eigenvalue weighted by molar-refractivity contribution is 7.92. The number of rotatable bonds is 6. The molecule has 0 radical (unpaired) electrons. The van der Waals surface area contributed by atoms with Crippen molar-refractivity contribution in [2.75, 3.05) is 10.0 Å². The van der Waals surface area contributed by atoms with Gasteiger partial charge in [-0.1, -0.05) is 36.4 Å². The molecule has 0 saturated heterocycles. The van der Waals surface area contributed by atoms with E-state index in [9.17, 15) is 13.2 Å². The van der Waals surface area contributed by atoms with Crippen LogP contribution in [0.1, 0.15) is 10.4 Å². The lowest BCUT2D eigenvalue weighted by molar-refractivity contribution is 0.102. The first kappa shape index (κ1) is 19.4. The number of hydrogen-bond acceptors (Lipinski definition) is 4. The third-order valence-electron chi connectivity index (χ3n) is 4.37. The molecule has 0 bridgehead atoms. The molecule has 1 aromatic heterocycles. The van der Waals surface area contributed by atoms with Crippen LogP contribution in [0.5, 0.6) is 0 Å². The number of carbonyl (C=O) groups is 1. The largest absolute Gasteiger partial charge is 0.320 e. The van der Waals surface area contributed by atoms with Crippen LogP contribution in [0.4, 0.5) is 11.4 Å². The number of sulfonamides is 1. The molecule has 0 spiro atoms. The maximum atomic E-state index is 12.8. The summed E-state index contributed by atoms with van der Waals surface area (Å²) in [4.78, 5) is 17.0. The lowest BCUT2D eigenvalue weighted by Crippen LogP contribution is -2.16. The van der Waals surface area contributed by atoms with E-state index in [-0.39, 0.29) is 10.8 Å². The van der Waals surface area contributed by atoms with Gasteiger partial charge in [-0.05, 0) is 42.5 Å². The van der Waals surface area contributed by atoms with Gasteiger partial charge in [0.05, 0.1) is 22.6 Å². The van der Waals surface area contributed by atoms with Crippen LogP contribution in [0.3, 0.4) is 0 Å². The summed E-state index contributed by atoms with van der Waals surface area (Å²) in [7, 11) is -3.74. The third kappa shape index (κ3) is 4.23. The Hall–Kier alpha value is -3.91. The Morgan fingerprint density at radius 2 is 1.67 bits per heavy atom. The Bertz CT molecular complexity index is 1270. The minimum atomic E-state index is -3.74. The Morgan fingerprint density at radius 3 is 2.43 bits per heavy atom. The maximum absolute atomic E-state index is 12.8. The summed E-state index contributed by atoms with van der Waals surface area (Å²) in [5.74, 6) is -0.358. The molecule has 0 aliphatic rings. The number of carbonyl (C=O) groups excluding carboxylic acids is 1. The third-order valence-corrected chi connectivity index (χ3v) is 5.76. The molecule has 1 amide bonds. The predicted octanol–water partition coefficient (Wildman–Crippen LogP) is 3.93. The minimum Gasteiger partial charge on any atom is -0.320 e. The molecule has 0 unspecified atom stereocenters. The summed E-state index contributed by atoms with van der Waals surface area (Å²) in [5, 5.41) is 2.87. The van der Waals surface area contributed by atoms with Crippen LogP contribution in [0.25, 0.3) is 5.69 Å². The van der Waals surface area contributed by atoms with Crippen molar-refractivity contribution in [2.24, 2.45) is 0 Å². The molecule has 2 N–H and O–H groups in total. The van der Waals surface area contributed by atoms with Crippen molar-refractivity contribution >= 4 is 27.3 Å². The Morgan fingerprint density at radius 1 is 0.900 bits per heavy atom. The number of amides is 1. The average Bonchev–Trinajstić information content (AvgIpc) is 3.29. The molecular formula is C22H18N4O3S. The highest BCUT2D eigenvalue weighted by Crippen LogP contribution is 2.22. The fraction of sp³-hybridized carbons (Fsp3) is 0. The van der Waals surface area contributed by atoms with Gasteiger partial charge in [-0.15, -0.1) is 0 Å². The Balaban J connectivity index is 1.56. The standard InChI is InChI=1S/C22H18N4O3S/c27-22(24-20-11-4-5-12-21(20)26-14-13-23-16-26)17-7-6-8-18(15-17)25-30(28,29)19-9-2-1-3-10-19/h1-16,25H,(H,24,27). The lowest BCUT2D eigenvalue weighted by Gasteiger charge is -2.13. The van der Waals surface area contributed by atoms with Crippen LogP contribution >= 0.6 is 0 Å². The zero-order valence-electron chi connectivity index (χ0n) is 15.8. The fourth-order valence-electron chi connectivity index (χ4n) is 2.94. The van der Waals surface area contributed by atoms with Gasteiger partial charge in [0.25, 0.3) is 15.9 Å². The van der Waals surface area contributed by atoms with Crippen LogP contribution in [-0.2, 0) is 10.0 Å². The van der Waals surface area contributed by atoms with Gasteiger partial charge in [0.2, 0.25) is 0 Å². The lowest BCUT2D eigenvalue weighted by atomic mass is 10.2. The van der Waals surface area contributed by atoms with Crippen molar-refractivity contribution in [1.29, 1.82) is 0 Å². The van der Waals surface area contributed by atoms with Gasteiger partial charge in [-0.2, -0.15) is 0 Å². The number of para-hydroxylation sites is 2. The maximum Gasteiger partial charge on any atom is 0.261 e. The number of hydrogen-bond donors (Lipinski definition) is 2. The second-order valence-corrected chi connectivity index (χ2v) is 8.12. The first-order chi connectivity index (χ1) is 14.5. The Labute approximate surface area is 174 Å². The van der Waals surface area contributed by atoms with Crippen molar-refractivity contribution in [3.8, 4) is 5.69 Å². The molecule has 0 fully saturated rings. The topological polar surface area (TPSA) is 93.1 Å². The highest BCUT2D eigenvalue weighted by atomic mass is 32.2. The number of nitrogens with zero attached hydrogens (tertiary/aromatic N) is 2. The van der Waals surface area contributed by atoms with Crippen molar-refractivity contribution in [3.63, 3.8) is 0 Å². The highest BCUT2D eigenvalue weighted by Gasteiger charge is 2.15. The van der Waals surface area contributed by atoms with Crippen LogP contribution < -0.4 is 10.0 Å². The fourth-order valence-corrected chi connectivity index (χ4v) is 4.01. The zero-order chi connectivity index (χ0) is 21.0. The van der Waals surface area contributed by atoms with E-state index < -0.39 is 10.0 Å². The quantitative estimate of drug-likeness (QED) is 0.496. The second-order valence-electron chi connectivity index (χ2n) is 6.44. The van der Waals surface area contributed by atoms with Gasteiger partial charge in [-0.25, -0.2) is 13.4 Å². The van der Waals surface area contributed by atoms with Crippen molar-refractivity contribution in [2.45, 2.75) is 4.90 Å². The smallest absolute Gasteiger partial charge is 0.261 e. The molecule has 4 rings (SSSR count). The molecule has 3 aromatic carbocycles. The monoisotopic (exact) mass is 418 g/mol. The number of benzene rings is 3. The van der Waals surface area contributed by atoms with Gasteiger partial charge in [-0.3, -0.25) is 9.52 Å². The van der Waals surface area contributed by atoms with Crippen LogP contribution in [0.15, 0.2) is 102 Å². The summed E-state index contributed by atoms with van der Waals surface area (Å²) in [5.41, 5.74) is 2.00. The summed E-state index contributed by atoms with van der Waals surface area (Å²) >= 11 is 0. The average molecular weight is 418 g/mol. The number of nitrogens with one attached hydrogen (secondary N) is 2. The normalized spacial score (nSPS) is 11.1. The van der Waals surface area contributed by atoms with E-state index in [4.69, 9.17) is 0 Å². The Kier molecular flexibility index (Phi) is 5.32. The first-order valence-corrected chi connectivity index (χ1v) is 10.6. The van der Waals surface area contributed by atoms with Gasteiger partial charge in [0, 0.05) is 23.6 Å². The van der Waals surface area contributed by atoms with E-state index in [0.717, 1.165) is 5.69 Å². The van der Waals surface area contributed by atoms with Gasteiger partial charge >= 0.3 is 0 Å². The molecule has 0 atom stereocenters. The molecule has 1 heterocycles. The van der Waals surface area contributed by atoms with E-state index in [1.807, 2.05) is 18.2 Å². The molecule has 7 nitrogen and oxygen atoms in total. The van der Waals surface area contributed by atoms with Crippen molar-refractivity contribution in [1.82, 2.24) is 9.55 Å². The molecule has 30 heavy (non-hydrogen) atoms.